The number of ether oxygens (including phenoxy) is 1. The van der Waals surface area contributed by atoms with E-state index in [0.717, 1.165) is 17.0 Å². The summed E-state index contributed by atoms with van der Waals surface area (Å²) in [4.78, 5) is 1.50. The minimum atomic E-state index is 0.521. The zero-order valence-electron chi connectivity index (χ0n) is 9.92. The molecular weight excluding hydrogens is 218 g/mol. The fraction of sp³-hybridized carbons (Fsp3) is 0.364. The molecule has 0 fully saturated rings. The monoisotopic (exact) mass is 233 g/mol. The third kappa shape index (κ3) is 2.42. The van der Waals surface area contributed by atoms with Crippen molar-refractivity contribution in [2.75, 3.05) is 13.7 Å². The van der Waals surface area contributed by atoms with Crippen molar-refractivity contribution in [1.29, 1.82) is 0 Å². The lowest BCUT2D eigenvalue weighted by Crippen LogP contribution is -2.05. The fourth-order valence-corrected chi connectivity index (χ4v) is 1.57. The molecule has 0 amide bonds. The maximum absolute atomic E-state index is 5.44. The average molecular weight is 233 g/mol. The summed E-state index contributed by atoms with van der Waals surface area (Å²) in [6, 6.07) is 5.73. The van der Waals surface area contributed by atoms with Crippen molar-refractivity contribution in [2.24, 2.45) is 5.73 Å². The van der Waals surface area contributed by atoms with E-state index in [1.807, 2.05) is 25.1 Å². The number of hydrogen-bond acceptors (Lipinski definition) is 5. The van der Waals surface area contributed by atoms with Crippen molar-refractivity contribution in [3.8, 4) is 11.4 Å². The molecule has 6 nitrogen and oxygen atoms in total. The second kappa shape index (κ2) is 4.92. The van der Waals surface area contributed by atoms with Gasteiger partial charge in [0.2, 0.25) is 0 Å². The van der Waals surface area contributed by atoms with Gasteiger partial charge in [0.15, 0.2) is 5.82 Å². The Bertz CT molecular complexity index is 508. The number of rotatable bonds is 4. The maximum atomic E-state index is 5.44. The molecule has 2 aromatic rings. The highest BCUT2D eigenvalue weighted by molar-refractivity contribution is 5.42. The van der Waals surface area contributed by atoms with E-state index in [1.54, 1.807) is 7.11 Å². The Balaban J connectivity index is 2.29. The molecule has 0 aliphatic carbocycles. The number of nitrogens with zero attached hydrogens (tertiary/aromatic N) is 4. The molecule has 0 radical (unpaired) electrons. The Morgan fingerprint density at radius 3 is 2.88 bits per heavy atom. The SMILES string of the molecule is COc1ccc(-n2nnc(CCN)n2)cc1C. The van der Waals surface area contributed by atoms with Crippen LogP contribution in [0.4, 0.5) is 0 Å². The van der Waals surface area contributed by atoms with Crippen LogP contribution in [0.3, 0.4) is 0 Å². The molecule has 1 aromatic heterocycles. The third-order valence-electron chi connectivity index (χ3n) is 2.43. The molecule has 90 valence electrons. The summed E-state index contributed by atoms with van der Waals surface area (Å²) < 4.78 is 5.20. The summed E-state index contributed by atoms with van der Waals surface area (Å²) in [6.45, 7) is 2.49. The Hall–Kier alpha value is -1.95. The van der Waals surface area contributed by atoms with Gasteiger partial charge in [-0.2, -0.15) is 0 Å². The number of methoxy groups -OCH3 is 1. The van der Waals surface area contributed by atoms with E-state index in [9.17, 15) is 0 Å². The summed E-state index contributed by atoms with van der Waals surface area (Å²) in [5, 5.41) is 12.1. The van der Waals surface area contributed by atoms with Crippen LogP contribution in [0.25, 0.3) is 5.69 Å². The first kappa shape index (κ1) is 11.5. The highest BCUT2D eigenvalue weighted by atomic mass is 16.5. The van der Waals surface area contributed by atoms with E-state index >= 15 is 0 Å². The summed E-state index contributed by atoms with van der Waals surface area (Å²) >= 11 is 0. The van der Waals surface area contributed by atoms with Crippen molar-refractivity contribution in [1.82, 2.24) is 20.2 Å². The Kier molecular flexibility index (Phi) is 3.34. The van der Waals surface area contributed by atoms with Crippen LogP contribution >= 0.6 is 0 Å². The zero-order valence-corrected chi connectivity index (χ0v) is 9.92. The Morgan fingerprint density at radius 1 is 1.41 bits per heavy atom. The molecule has 0 bridgehead atoms. The summed E-state index contributed by atoms with van der Waals surface area (Å²) in [5.74, 6) is 1.50. The van der Waals surface area contributed by atoms with E-state index in [4.69, 9.17) is 10.5 Å². The van der Waals surface area contributed by atoms with Crippen LogP contribution in [0.1, 0.15) is 11.4 Å². The van der Waals surface area contributed by atoms with Crippen LogP contribution in [-0.4, -0.2) is 33.9 Å². The van der Waals surface area contributed by atoms with Crippen LogP contribution in [-0.2, 0) is 6.42 Å². The highest BCUT2D eigenvalue weighted by Gasteiger charge is 2.06. The first-order valence-corrected chi connectivity index (χ1v) is 5.38. The predicted molar refractivity (Wildman–Crippen MR) is 63.2 cm³/mol. The third-order valence-corrected chi connectivity index (χ3v) is 2.43. The number of tetrazole rings is 1. The van der Waals surface area contributed by atoms with E-state index in [0.29, 0.717) is 18.8 Å². The maximum Gasteiger partial charge on any atom is 0.176 e. The van der Waals surface area contributed by atoms with Gasteiger partial charge in [0, 0.05) is 6.42 Å². The lowest BCUT2D eigenvalue weighted by atomic mass is 10.2. The number of hydrogen-bond donors (Lipinski definition) is 1. The van der Waals surface area contributed by atoms with Crippen LogP contribution < -0.4 is 10.5 Å². The van der Waals surface area contributed by atoms with Gasteiger partial charge in [0.1, 0.15) is 5.75 Å². The molecule has 0 saturated carbocycles. The van der Waals surface area contributed by atoms with Crippen molar-refractivity contribution in [2.45, 2.75) is 13.3 Å². The van der Waals surface area contributed by atoms with Gasteiger partial charge in [-0.1, -0.05) is 0 Å². The minimum Gasteiger partial charge on any atom is -0.496 e. The fourth-order valence-electron chi connectivity index (χ4n) is 1.57. The normalized spacial score (nSPS) is 10.5. The molecular formula is C11H15N5O. The van der Waals surface area contributed by atoms with Crippen molar-refractivity contribution in [3.63, 3.8) is 0 Å². The largest absolute Gasteiger partial charge is 0.496 e. The van der Waals surface area contributed by atoms with Gasteiger partial charge < -0.3 is 10.5 Å². The highest BCUT2D eigenvalue weighted by Crippen LogP contribution is 2.19. The second-order valence-corrected chi connectivity index (χ2v) is 3.69. The van der Waals surface area contributed by atoms with Crippen molar-refractivity contribution < 1.29 is 4.74 Å². The minimum absolute atomic E-state index is 0.521. The van der Waals surface area contributed by atoms with Crippen LogP contribution in [0.2, 0.25) is 0 Å². The molecule has 0 unspecified atom stereocenters. The standard InChI is InChI=1S/C11H15N5O/c1-8-7-9(3-4-10(8)17-2)16-14-11(5-6-12)13-15-16/h3-4,7H,5-6,12H2,1-2H3. The van der Waals surface area contributed by atoms with Crippen LogP contribution in [0.15, 0.2) is 18.2 Å². The first-order chi connectivity index (χ1) is 8.24. The van der Waals surface area contributed by atoms with Gasteiger partial charge >= 0.3 is 0 Å². The van der Waals surface area contributed by atoms with Gasteiger partial charge in [0.25, 0.3) is 0 Å². The van der Waals surface area contributed by atoms with Gasteiger partial charge in [0.05, 0.1) is 12.8 Å². The van der Waals surface area contributed by atoms with Crippen LogP contribution in [0, 0.1) is 6.92 Å². The first-order valence-electron chi connectivity index (χ1n) is 5.38. The average Bonchev–Trinajstić information content (AvgIpc) is 2.78. The zero-order chi connectivity index (χ0) is 12.3. The summed E-state index contributed by atoms with van der Waals surface area (Å²) in [5.41, 5.74) is 7.33. The van der Waals surface area contributed by atoms with E-state index < -0.39 is 0 Å². The number of aryl methyl sites for hydroxylation is 1. The van der Waals surface area contributed by atoms with E-state index in [1.165, 1.54) is 4.80 Å². The molecule has 0 aliphatic heterocycles. The molecule has 2 rings (SSSR count). The van der Waals surface area contributed by atoms with Crippen molar-refractivity contribution >= 4 is 0 Å². The molecule has 0 atom stereocenters. The van der Waals surface area contributed by atoms with E-state index in [2.05, 4.69) is 15.4 Å². The smallest absolute Gasteiger partial charge is 0.176 e. The summed E-state index contributed by atoms with van der Waals surface area (Å²) in [7, 11) is 1.65. The van der Waals surface area contributed by atoms with Gasteiger partial charge in [-0.05, 0) is 42.4 Å². The van der Waals surface area contributed by atoms with Crippen molar-refractivity contribution in [3.05, 3.63) is 29.6 Å². The van der Waals surface area contributed by atoms with E-state index in [-0.39, 0.29) is 0 Å². The molecule has 0 saturated heterocycles. The van der Waals surface area contributed by atoms with Gasteiger partial charge in [-0.25, -0.2) is 0 Å². The van der Waals surface area contributed by atoms with Crippen LogP contribution in [0.5, 0.6) is 5.75 Å². The molecule has 17 heavy (non-hydrogen) atoms. The Morgan fingerprint density at radius 2 is 2.24 bits per heavy atom. The molecule has 1 heterocycles. The molecule has 6 heteroatoms. The predicted octanol–water partition coefficient (Wildman–Crippen LogP) is 0.481. The lowest BCUT2D eigenvalue weighted by molar-refractivity contribution is 0.411. The topological polar surface area (TPSA) is 78.8 Å². The molecule has 1 aromatic carbocycles. The molecule has 2 N–H and O–H groups in total. The molecule has 0 spiro atoms. The number of nitrogens with two attached hydrogens (primary N) is 1. The molecule has 0 aliphatic rings. The quantitative estimate of drug-likeness (QED) is 0.831. The van der Waals surface area contributed by atoms with Gasteiger partial charge in [-0.15, -0.1) is 15.0 Å². The second-order valence-electron chi connectivity index (χ2n) is 3.69. The number of aromatic nitrogens is 4. The summed E-state index contributed by atoms with van der Waals surface area (Å²) in [6.07, 6.45) is 0.634. The Labute approximate surface area is 99.4 Å². The van der Waals surface area contributed by atoms with Gasteiger partial charge in [-0.3, -0.25) is 0 Å². The number of benzene rings is 1. The lowest BCUT2D eigenvalue weighted by Gasteiger charge is -2.05.